The van der Waals surface area contributed by atoms with Crippen molar-refractivity contribution in [2.45, 2.75) is 77.6 Å². The molecule has 11 nitrogen and oxygen atoms in total. The molecule has 1 saturated heterocycles. The summed E-state index contributed by atoms with van der Waals surface area (Å²) in [5, 5.41) is 26.7. The number of nitrogens with one attached hydrogen (secondary N) is 1. The number of nitrogens with zero attached hydrogens (tertiary/aromatic N) is 4. The molecule has 12 heteroatoms. The van der Waals surface area contributed by atoms with Gasteiger partial charge in [0.25, 0.3) is 16.8 Å². The van der Waals surface area contributed by atoms with Gasteiger partial charge in [-0.1, -0.05) is 0 Å². The fraction of sp³-hybridized carbons (Fsp3) is 0.889. The highest BCUT2D eigenvalue weighted by molar-refractivity contribution is 6.99. The average molecular weight is 447 g/mol. The summed E-state index contributed by atoms with van der Waals surface area (Å²) >= 11 is 0.920. The maximum atomic E-state index is 12.5. The van der Waals surface area contributed by atoms with Gasteiger partial charge >= 0.3 is 0 Å². The molecule has 1 N–H and O–H groups in total. The van der Waals surface area contributed by atoms with Crippen molar-refractivity contribution in [3.05, 3.63) is 10.1 Å². The first-order valence-electron chi connectivity index (χ1n) is 9.84. The third-order valence-electron chi connectivity index (χ3n) is 5.17. The standard InChI is InChI=1S/C18H32N5O6S/c1-16(2,3)19-9-13(29-23(25)26)11-28-15-14(20-30-21-15)27-10-12-8-17(4,5)22(24)18(12,6)7/h12-13,19H,8-11H2,1-7H3. The lowest BCUT2D eigenvalue weighted by molar-refractivity contribution is -0.768. The lowest BCUT2D eigenvalue weighted by Gasteiger charge is -2.33. The van der Waals surface area contributed by atoms with Crippen LogP contribution >= 0.6 is 11.7 Å². The van der Waals surface area contributed by atoms with Gasteiger partial charge in [0.1, 0.15) is 6.61 Å². The molecule has 0 saturated carbocycles. The Morgan fingerprint density at radius 2 is 1.87 bits per heavy atom. The van der Waals surface area contributed by atoms with Crippen LogP contribution in [0.25, 0.3) is 0 Å². The molecular formula is C18H32N5O6S. The van der Waals surface area contributed by atoms with Gasteiger partial charge in [-0.15, -0.1) is 29.1 Å². The van der Waals surface area contributed by atoms with Gasteiger partial charge in [0.2, 0.25) is 0 Å². The lowest BCUT2D eigenvalue weighted by atomic mass is 9.88. The summed E-state index contributed by atoms with van der Waals surface area (Å²) in [6.45, 7) is 13.9. The fourth-order valence-electron chi connectivity index (χ4n) is 3.51. The van der Waals surface area contributed by atoms with E-state index in [1.165, 1.54) is 0 Å². The van der Waals surface area contributed by atoms with Crippen molar-refractivity contribution >= 4 is 11.7 Å². The zero-order chi connectivity index (χ0) is 22.7. The minimum atomic E-state index is -0.840. The van der Waals surface area contributed by atoms with E-state index in [1.807, 2.05) is 48.5 Å². The van der Waals surface area contributed by atoms with Crippen LogP contribution in [0.5, 0.6) is 11.8 Å². The minimum absolute atomic E-state index is 0.00102. The fourth-order valence-corrected chi connectivity index (χ4v) is 3.96. The molecule has 0 bridgehead atoms. The predicted octanol–water partition coefficient (Wildman–Crippen LogP) is 2.49. The summed E-state index contributed by atoms with van der Waals surface area (Å²) in [4.78, 5) is 15.5. The topological polar surface area (TPSA) is 132 Å². The van der Waals surface area contributed by atoms with Crippen LogP contribution in [0.1, 0.15) is 54.9 Å². The van der Waals surface area contributed by atoms with Gasteiger partial charge in [0.15, 0.2) is 6.10 Å². The molecule has 0 aromatic carbocycles. The molecule has 1 aliphatic heterocycles. The van der Waals surface area contributed by atoms with Crippen LogP contribution in [0, 0.1) is 16.0 Å². The molecule has 0 aliphatic carbocycles. The van der Waals surface area contributed by atoms with E-state index in [2.05, 4.69) is 14.1 Å². The van der Waals surface area contributed by atoms with E-state index in [4.69, 9.17) is 14.3 Å². The Morgan fingerprint density at radius 1 is 1.27 bits per heavy atom. The molecule has 171 valence electrons. The number of hydrogen-bond donors (Lipinski definition) is 1. The first kappa shape index (κ1) is 24.5. The number of ether oxygens (including phenoxy) is 2. The molecule has 2 heterocycles. The average Bonchev–Trinajstić information content (AvgIpc) is 3.11. The summed E-state index contributed by atoms with van der Waals surface area (Å²) in [7, 11) is 0. The third-order valence-corrected chi connectivity index (χ3v) is 5.67. The minimum Gasteiger partial charge on any atom is -0.473 e. The van der Waals surface area contributed by atoms with Gasteiger partial charge in [-0.05, 0) is 54.9 Å². The monoisotopic (exact) mass is 446 g/mol. The molecule has 2 rings (SSSR count). The van der Waals surface area contributed by atoms with Gasteiger partial charge in [-0.3, -0.25) is 0 Å². The number of rotatable bonds is 10. The first-order chi connectivity index (χ1) is 13.7. The van der Waals surface area contributed by atoms with Crippen molar-refractivity contribution in [1.82, 2.24) is 19.1 Å². The Kier molecular flexibility index (Phi) is 7.49. The summed E-state index contributed by atoms with van der Waals surface area (Å²) in [5.74, 6) is 0.365. The Balaban J connectivity index is 1.95. The highest BCUT2D eigenvalue weighted by atomic mass is 32.1. The number of hydrogen-bond acceptors (Lipinski definition) is 10. The zero-order valence-electron chi connectivity index (χ0n) is 18.6. The van der Waals surface area contributed by atoms with Crippen LogP contribution in [0.15, 0.2) is 0 Å². The van der Waals surface area contributed by atoms with Crippen molar-refractivity contribution in [2.24, 2.45) is 5.92 Å². The SMILES string of the molecule is CC(C)(C)NCC(COc1nsnc1OCC1CC(C)(C)N([O])C1(C)C)O[N+](=O)[O-]. The molecule has 30 heavy (non-hydrogen) atoms. The maximum Gasteiger partial charge on any atom is 0.294 e. The van der Waals surface area contributed by atoms with Crippen molar-refractivity contribution in [1.29, 1.82) is 0 Å². The van der Waals surface area contributed by atoms with Crippen molar-refractivity contribution < 1.29 is 24.6 Å². The predicted molar refractivity (Wildman–Crippen MR) is 109 cm³/mol. The van der Waals surface area contributed by atoms with Crippen LogP contribution in [-0.2, 0) is 10.0 Å². The van der Waals surface area contributed by atoms with E-state index < -0.39 is 22.3 Å². The molecule has 2 atom stereocenters. The highest BCUT2D eigenvalue weighted by Crippen LogP contribution is 2.44. The normalized spacial score (nSPS) is 21.9. The summed E-state index contributed by atoms with van der Waals surface area (Å²) in [6, 6.07) is 0. The highest BCUT2D eigenvalue weighted by Gasteiger charge is 2.52. The van der Waals surface area contributed by atoms with E-state index in [0.717, 1.165) is 16.8 Å². The molecule has 1 aromatic heterocycles. The van der Waals surface area contributed by atoms with E-state index in [-0.39, 0.29) is 43.0 Å². The third kappa shape index (κ3) is 6.37. The molecule has 2 unspecified atom stereocenters. The Morgan fingerprint density at radius 3 is 2.37 bits per heavy atom. The van der Waals surface area contributed by atoms with Crippen molar-refractivity contribution in [3.8, 4) is 11.8 Å². The maximum absolute atomic E-state index is 12.5. The van der Waals surface area contributed by atoms with Crippen molar-refractivity contribution in [2.75, 3.05) is 19.8 Å². The van der Waals surface area contributed by atoms with Crippen LogP contribution in [0.3, 0.4) is 0 Å². The summed E-state index contributed by atoms with van der Waals surface area (Å²) in [6.07, 6.45) is -0.133. The Hall–Kier alpha value is -1.76. The second-order valence-electron chi connectivity index (χ2n) is 9.74. The number of aromatic nitrogens is 2. The second kappa shape index (κ2) is 9.16. The Labute approximate surface area is 181 Å². The van der Waals surface area contributed by atoms with E-state index in [1.54, 1.807) is 0 Å². The van der Waals surface area contributed by atoms with Crippen LogP contribution in [0.4, 0.5) is 0 Å². The van der Waals surface area contributed by atoms with Gasteiger partial charge in [-0.25, -0.2) is 0 Å². The van der Waals surface area contributed by atoms with E-state index in [9.17, 15) is 15.3 Å². The van der Waals surface area contributed by atoms with E-state index in [0.29, 0.717) is 6.42 Å². The lowest BCUT2D eigenvalue weighted by Crippen LogP contribution is -2.47. The summed E-state index contributed by atoms with van der Waals surface area (Å²) < 4.78 is 19.6. The molecule has 0 spiro atoms. The smallest absolute Gasteiger partial charge is 0.294 e. The molecule has 1 aromatic rings. The quantitative estimate of drug-likeness (QED) is 0.425. The van der Waals surface area contributed by atoms with E-state index >= 15 is 0 Å². The largest absolute Gasteiger partial charge is 0.473 e. The molecule has 1 fully saturated rings. The van der Waals surface area contributed by atoms with Gasteiger partial charge in [0.05, 0.1) is 23.9 Å². The first-order valence-corrected chi connectivity index (χ1v) is 10.6. The zero-order valence-corrected chi connectivity index (χ0v) is 19.4. The second-order valence-corrected chi connectivity index (χ2v) is 10.3. The van der Waals surface area contributed by atoms with Crippen LogP contribution in [-0.4, -0.2) is 61.4 Å². The molecule has 1 aliphatic rings. The van der Waals surface area contributed by atoms with Crippen molar-refractivity contribution in [3.63, 3.8) is 0 Å². The van der Waals surface area contributed by atoms with Crippen LogP contribution in [0.2, 0.25) is 0 Å². The molecular weight excluding hydrogens is 414 g/mol. The molecule has 1 radical (unpaired) electrons. The summed E-state index contributed by atoms with van der Waals surface area (Å²) in [5.41, 5.74) is -1.27. The molecule has 0 amide bonds. The number of hydroxylamine groups is 2. The van der Waals surface area contributed by atoms with Gasteiger partial charge in [0, 0.05) is 23.5 Å². The van der Waals surface area contributed by atoms with Gasteiger partial charge in [-0.2, -0.15) is 0 Å². The Bertz CT molecular complexity index is 720. The van der Waals surface area contributed by atoms with Crippen LogP contribution < -0.4 is 14.8 Å². The van der Waals surface area contributed by atoms with Gasteiger partial charge < -0.3 is 19.6 Å².